The van der Waals surface area contributed by atoms with Gasteiger partial charge < -0.3 is 19.7 Å². The monoisotopic (exact) mass is 264 g/mol. The highest BCUT2D eigenvalue weighted by molar-refractivity contribution is 5.97. The summed E-state index contributed by atoms with van der Waals surface area (Å²) in [6.07, 6.45) is 0.976. The molecule has 1 aromatic rings. The van der Waals surface area contributed by atoms with Gasteiger partial charge in [0.05, 0.1) is 19.8 Å². The number of methoxy groups -OCH3 is 2. The third-order valence-electron chi connectivity index (χ3n) is 3.27. The van der Waals surface area contributed by atoms with Gasteiger partial charge in [0.2, 0.25) is 0 Å². The molecule has 104 valence electrons. The Bertz CT molecular complexity index is 440. The van der Waals surface area contributed by atoms with E-state index in [1.807, 2.05) is 4.90 Å². The zero-order chi connectivity index (χ0) is 13.7. The van der Waals surface area contributed by atoms with E-state index < -0.39 is 0 Å². The number of amides is 1. The molecule has 0 aliphatic carbocycles. The number of nitrogens with zero attached hydrogens (tertiary/aromatic N) is 1. The molecular formula is C14H20N2O3. The van der Waals surface area contributed by atoms with Gasteiger partial charge in [-0.3, -0.25) is 4.79 Å². The van der Waals surface area contributed by atoms with E-state index in [9.17, 15) is 4.79 Å². The second kappa shape index (κ2) is 6.43. The van der Waals surface area contributed by atoms with Crippen LogP contribution in [0.15, 0.2) is 18.2 Å². The number of hydrogen-bond donors (Lipinski definition) is 1. The van der Waals surface area contributed by atoms with Crippen molar-refractivity contribution in [3.8, 4) is 11.5 Å². The minimum absolute atomic E-state index is 0.0169. The van der Waals surface area contributed by atoms with Gasteiger partial charge in [0.15, 0.2) is 0 Å². The molecule has 1 aliphatic heterocycles. The number of rotatable bonds is 3. The van der Waals surface area contributed by atoms with Gasteiger partial charge in [-0.05, 0) is 25.1 Å². The van der Waals surface area contributed by atoms with E-state index in [0.29, 0.717) is 17.1 Å². The standard InChI is InChI=1S/C14H20N2O3/c1-18-11-4-5-12(13(10-11)19-2)14(17)16-8-3-6-15-7-9-16/h4-5,10,15H,3,6-9H2,1-2H3. The van der Waals surface area contributed by atoms with Crippen molar-refractivity contribution in [2.24, 2.45) is 0 Å². The first-order valence-corrected chi connectivity index (χ1v) is 6.48. The van der Waals surface area contributed by atoms with Crippen LogP contribution in [0.1, 0.15) is 16.8 Å². The average molecular weight is 264 g/mol. The molecule has 1 N–H and O–H groups in total. The fourth-order valence-electron chi connectivity index (χ4n) is 2.19. The van der Waals surface area contributed by atoms with E-state index in [-0.39, 0.29) is 5.91 Å². The van der Waals surface area contributed by atoms with Crippen LogP contribution in [0.25, 0.3) is 0 Å². The van der Waals surface area contributed by atoms with Crippen molar-refractivity contribution in [2.45, 2.75) is 6.42 Å². The summed E-state index contributed by atoms with van der Waals surface area (Å²) in [6, 6.07) is 5.29. The Kier molecular flexibility index (Phi) is 4.63. The van der Waals surface area contributed by atoms with Gasteiger partial charge in [0.1, 0.15) is 11.5 Å². The van der Waals surface area contributed by atoms with Crippen molar-refractivity contribution >= 4 is 5.91 Å². The van der Waals surface area contributed by atoms with E-state index in [4.69, 9.17) is 9.47 Å². The molecule has 1 amide bonds. The molecule has 0 radical (unpaired) electrons. The van der Waals surface area contributed by atoms with Crippen molar-refractivity contribution in [1.29, 1.82) is 0 Å². The second-order valence-electron chi connectivity index (χ2n) is 4.46. The third-order valence-corrected chi connectivity index (χ3v) is 3.27. The van der Waals surface area contributed by atoms with Gasteiger partial charge >= 0.3 is 0 Å². The van der Waals surface area contributed by atoms with Crippen molar-refractivity contribution in [3.63, 3.8) is 0 Å². The van der Waals surface area contributed by atoms with Crippen LogP contribution in [0.5, 0.6) is 11.5 Å². The minimum Gasteiger partial charge on any atom is -0.497 e. The minimum atomic E-state index is 0.0169. The number of ether oxygens (including phenoxy) is 2. The highest BCUT2D eigenvalue weighted by Gasteiger charge is 2.20. The highest BCUT2D eigenvalue weighted by Crippen LogP contribution is 2.25. The first-order chi connectivity index (χ1) is 9.26. The molecule has 1 saturated heterocycles. The molecule has 1 aliphatic rings. The predicted octanol–water partition coefficient (Wildman–Crippen LogP) is 1.14. The third kappa shape index (κ3) is 3.17. The molecule has 0 saturated carbocycles. The van der Waals surface area contributed by atoms with Gasteiger partial charge in [-0.25, -0.2) is 0 Å². The second-order valence-corrected chi connectivity index (χ2v) is 4.46. The van der Waals surface area contributed by atoms with Gasteiger partial charge in [-0.2, -0.15) is 0 Å². The van der Waals surface area contributed by atoms with Crippen LogP contribution >= 0.6 is 0 Å². The molecule has 1 heterocycles. The van der Waals surface area contributed by atoms with E-state index in [2.05, 4.69) is 5.32 Å². The fourth-order valence-corrected chi connectivity index (χ4v) is 2.19. The summed E-state index contributed by atoms with van der Waals surface area (Å²) in [6.45, 7) is 3.31. The Morgan fingerprint density at radius 3 is 2.79 bits per heavy atom. The van der Waals surface area contributed by atoms with Crippen LogP contribution in [-0.2, 0) is 0 Å². The molecule has 0 unspecified atom stereocenters. The molecule has 0 atom stereocenters. The summed E-state index contributed by atoms with van der Waals surface area (Å²) >= 11 is 0. The Hall–Kier alpha value is -1.75. The number of carbonyl (C=O) groups excluding carboxylic acids is 1. The van der Waals surface area contributed by atoms with Gasteiger partial charge in [-0.1, -0.05) is 0 Å². The summed E-state index contributed by atoms with van der Waals surface area (Å²) in [5.74, 6) is 1.26. The lowest BCUT2D eigenvalue weighted by molar-refractivity contribution is 0.0763. The normalized spacial score (nSPS) is 15.8. The van der Waals surface area contributed by atoms with E-state index in [1.165, 1.54) is 0 Å². The molecule has 0 aromatic heterocycles. The van der Waals surface area contributed by atoms with Crippen LogP contribution in [0.2, 0.25) is 0 Å². The summed E-state index contributed by atoms with van der Waals surface area (Å²) < 4.78 is 10.4. The van der Waals surface area contributed by atoms with Gasteiger partial charge in [-0.15, -0.1) is 0 Å². The lowest BCUT2D eigenvalue weighted by Crippen LogP contribution is -2.34. The Morgan fingerprint density at radius 1 is 1.21 bits per heavy atom. The lowest BCUT2D eigenvalue weighted by atomic mass is 10.1. The summed E-state index contributed by atoms with van der Waals surface area (Å²) in [5, 5.41) is 3.29. The SMILES string of the molecule is COc1ccc(C(=O)N2CCCNCC2)c(OC)c1. The Labute approximate surface area is 113 Å². The maximum Gasteiger partial charge on any atom is 0.257 e. The lowest BCUT2D eigenvalue weighted by Gasteiger charge is -2.21. The quantitative estimate of drug-likeness (QED) is 0.889. The average Bonchev–Trinajstić information content (AvgIpc) is 2.74. The fraction of sp³-hybridized carbons (Fsp3) is 0.500. The Balaban J connectivity index is 2.21. The molecule has 5 nitrogen and oxygen atoms in total. The molecule has 1 aromatic carbocycles. The van der Waals surface area contributed by atoms with Gasteiger partial charge in [0, 0.05) is 25.7 Å². The first-order valence-electron chi connectivity index (χ1n) is 6.48. The van der Waals surface area contributed by atoms with Crippen molar-refractivity contribution in [1.82, 2.24) is 10.2 Å². The topological polar surface area (TPSA) is 50.8 Å². The molecule has 5 heteroatoms. The zero-order valence-corrected chi connectivity index (χ0v) is 11.4. The first kappa shape index (κ1) is 13.7. The molecule has 0 spiro atoms. The molecule has 0 bridgehead atoms. The highest BCUT2D eigenvalue weighted by atomic mass is 16.5. The van der Waals surface area contributed by atoms with Crippen LogP contribution in [0.4, 0.5) is 0 Å². The smallest absolute Gasteiger partial charge is 0.257 e. The molecule has 19 heavy (non-hydrogen) atoms. The summed E-state index contributed by atoms with van der Waals surface area (Å²) in [7, 11) is 3.16. The Morgan fingerprint density at radius 2 is 2.05 bits per heavy atom. The van der Waals surface area contributed by atoms with Gasteiger partial charge in [0.25, 0.3) is 5.91 Å². The zero-order valence-electron chi connectivity index (χ0n) is 11.4. The summed E-state index contributed by atoms with van der Waals surface area (Å²) in [4.78, 5) is 14.4. The molecule has 1 fully saturated rings. The van der Waals surface area contributed by atoms with Crippen molar-refractivity contribution < 1.29 is 14.3 Å². The number of nitrogens with one attached hydrogen (secondary N) is 1. The molecule has 2 rings (SSSR count). The van der Waals surface area contributed by atoms with Crippen molar-refractivity contribution in [2.75, 3.05) is 40.4 Å². The van der Waals surface area contributed by atoms with Crippen LogP contribution in [0.3, 0.4) is 0 Å². The van der Waals surface area contributed by atoms with Crippen LogP contribution in [0, 0.1) is 0 Å². The predicted molar refractivity (Wildman–Crippen MR) is 72.9 cm³/mol. The maximum absolute atomic E-state index is 12.5. The molecular weight excluding hydrogens is 244 g/mol. The number of benzene rings is 1. The number of hydrogen-bond acceptors (Lipinski definition) is 4. The maximum atomic E-state index is 12.5. The van der Waals surface area contributed by atoms with E-state index in [0.717, 1.165) is 32.6 Å². The van der Waals surface area contributed by atoms with Crippen LogP contribution in [-0.4, -0.2) is 51.2 Å². The van der Waals surface area contributed by atoms with Crippen LogP contribution < -0.4 is 14.8 Å². The van der Waals surface area contributed by atoms with Crippen molar-refractivity contribution in [3.05, 3.63) is 23.8 Å². The summed E-state index contributed by atoms with van der Waals surface area (Å²) in [5.41, 5.74) is 0.588. The largest absolute Gasteiger partial charge is 0.497 e. The number of carbonyl (C=O) groups is 1. The van der Waals surface area contributed by atoms with E-state index >= 15 is 0 Å². The van der Waals surface area contributed by atoms with E-state index in [1.54, 1.807) is 32.4 Å².